The summed E-state index contributed by atoms with van der Waals surface area (Å²) in [5.74, 6) is 0.442. The van der Waals surface area contributed by atoms with E-state index in [-0.39, 0.29) is 5.88 Å². The number of nitrogens with zero attached hydrogens (tertiary/aromatic N) is 4. The van der Waals surface area contributed by atoms with Gasteiger partial charge in [-0.3, -0.25) is 0 Å². The highest BCUT2D eigenvalue weighted by molar-refractivity contribution is 9.10. The monoisotopic (exact) mass is 477 g/mol. The van der Waals surface area contributed by atoms with Crippen molar-refractivity contribution in [1.29, 1.82) is 0 Å². The molecule has 0 aliphatic rings. The third kappa shape index (κ3) is 3.28. The molecule has 3 aromatic heterocycles. The largest absolute Gasteiger partial charge is 0.493 e. The number of rotatable bonds is 4. The smallest absolute Gasteiger partial charge is 0.218 e. The minimum absolute atomic E-state index is 0.0298. The van der Waals surface area contributed by atoms with Crippen LogP contribution < -0.4 is 0 Å². The van der Waals surface area contributed by atoms with Crippen LogP contribution in [0.4, 0.5) is 11.5 Å². The fourth-order valence-electron chi connectivity index (χ4n) is 3.40. The van der Waals surface area contributed by atoms with Crippen molar-refractivity contribution >= 4 is 59.9 Å². The van der Waals surface area contributed by atoms with E-state index in [1.807, 2.05) is 18.2 Å². The molecule has 0 fully saturated rings. The van der Waals surface area contributed by atoms with Crippen molar-refractivity contribution in [1.82, 2.24) is 15.0 Å². The quantitative estimate of drug-likeness (QED) is 0.266. The number of halogens is 1. The van der Waals surface area contributed by atoms with Crippen molar-refractivity contribution in [2.24, 2.45) is 10.2 Å². The Kier molecular flexibility index (Phi) is 4.80. The van der Waals surface area contributed by atoms with E-state index in [0.29, 0.717) is 11.5 Å². The highest BCUT2D eigenvalue weighted by atomic mass is 79.9. The maximum atomic E-state index is 10.3. The van der Waals surface area contributed by atoms with Crippen LogP contribution in [0.3, 0.4) is 0 Å². The van der Waals surface area contributed by atoms with Gasteiger partial charge in [0.25, 0.3) is 0 Å². The number of nitrogens with one attached hydrogen (secondary N) is 1. The molecule has 3 heterocycles. The lowest BCUT2D eigenvalue weighted by Crippen LogP contribution is -1.83. The average Bonchev–Trinajstić information content (AvgIpc) is 3.33. The number of aromatic amines is 1. The first-order valence-corrected chi connectivity index (χ1v) is 11.0. The van der Waals surface area contributed by atoms with Gasteiger partial charge in [-0.05, 0) is 35.7 Å². The standard InChI is InChI=1S/C22H16BrN5OS/c1-2-12-3-5-13(6-4-12)16-10-30-22-18(16)20(24-11-25-22)28-27-19-15-9-14(23)7-8-17(15)26-21(19)29/h3-11,26,29H,2H2,1H3. The van der Waals surface area contributed by atoms with Crippen LogP contribution in [-0.2, 0) is 6.42 Å². The van der Waals surface area contributed by atoms with E-state index in [0.717, 1.165) is 43.1 Å². The Balaban J connectivity index is 1.62. The van der Waals surface area contributed by atoms with Gasteiger partial charge in [0.15, 0.2) is 11.5 Å². The number of thiophene rings is 1. The number of hydrogen-bond donors (Lipinski definition) is 2. The Morgan fingerprint density at radius 1 is 1.10 bits per heavy atom. The Hall–Kier alpha value is -3.10. The first-order valence-electron chi connectivity index (χ1n) is 9.37. The summed E-state index contributed by atoms with van der Waals surface area (Å²) < 4.78 is 0.894. The van der Waals surface area contributed by atoms with Gasteiger partial charge in [0.2, 0.25) is 5.88 Å². The molecule has 0 saturated carbocycles. The predicted molar refractivity (Wildman–Crippen MR) is 124 cm³/mol. The molecule has 30 heavy (non-hydrogen) atoms. The van der Waals surface area contributed by atoms with Gasteiger partial charge < -0.3 is 10.1 Å². The summed E-state index contributed by atoms with van der Waals surface area (Å²) >= 11 is 5.01. The summed E-state index contributed by atoms with van der Waals surface area (Å²) in [6.45, 7) is 2.14. The average molecular weight is 478 g/mol. The lowest BCUT2D eigenvalue weighted by Gasteiger charge is -2.03. The third-order valence-electron chi connectivity index (χ3n) is 4.98. The fourth-order valence-corrected chi connectivity index (χ4v) is 4.67. The zero-order chi connectivity index (χ0) is 20.7. The van der Waals surface area contributed by atoms with Crippen molar-refractivity contribution in [3.63, 3.8) is 0 Å². The van der Waals surface area contributed by atoms with Crippen molar-refractivity contribution in [3.8, 4) is 17.0 Å². The molecule has 6 nitrogen and oxygen atoms in total. The number of benzene rings is 2. The van der Waals surface area contributed by atoms with Crippen LogP contribution in [0.5, 0.6) is 5.88 Å². The molecule has 0 radical (unpaired) electrons. The second kappa shape index (κ2) is 7.62. The molecule has 148 valence electrons. The number of aryl methyl sites for hydroxylation is 1. The highest BCUT2D eigenvalue weighted by Crippen LogP contribution is 2.40. The summed E-state index contributed by atoms with van der Waals surface area (Å²) in [6.07, 6.45) is 2.49. The Morgan fingerprint density at radius 3 is 2.73 bits per heavy atom. The molecule has 0 amide bonds. The van der Waals surface area contributed by atoms with Crippen LogP contribution in [-0.4, -0.2) is 20.1 Å². The Bertz CT molecular complexity index is 1400. The molecule has 0 aliphatic heterocycles. The van der Waals surface area contributed by atoms with Crippen LogP contribution >= 0.6 is 27.3 Å². The van der Waals surface area contributed by atoms with E-state index >= 15 is 0 Å². The molecule has 2 aromatic carbocycles. The maximum absolute atomic E-state index is 10.3. The number of aromatic nitrogens is 3. The zero-order valence-electron chi connectivity index (χ0n) is 15.9. The zero-order valence-corrected chi connectivity index (χ0v) is 18.3. The van der Waals surface area contributed by atoms with Crippen LogP contribution in [0.1, 0.15) is 12.5 Å². The van der Waals surface area contributed by atoms with E-state index < -0.39 is 0 Å². The van der Waals surface area contributed by atoms with E-state index in [9.17, 15) is 5.11 Å². The molecular formula is C22H16BrN5OS. The molecule has 5 rings (SSSR count). The number of azo groups is 1. The summed E-state index contributed by atoms with van der Waals surface area (Å²) in [4.78, 5) is 12.5. The molecule has 5 aromatic rings. The Labute approximate surface area is 184 Å². The van der Waals surface area contributed by atoms with Crippen molar-refractivity contribution in [2.75, 3.05) is 0 Å². The second-order valence-electron chi connectivity index (χ2n) is 6.79. The molecule has 0 spiro atoms. The normalized spacial score (nSPS) is 11.8. The molecule has 2 N–H and O–H groups in total. The van der Waals surface area contributed by atoms with Crippen molar-refractivity contribution < 1.29 is 5.11 Å². The maximum Gasteiger partial charge on any atom is 0.218 e. The summed E-state index contributed by atoms with van der Waals surface area (Å²) in [7, 11) is 0. The van der Waals surface area contributed by atoms with Crippen LogP contribution in [0.15, 0.2) is 68.9 Å². The second-order valence-corrected chi connectivity index (χ2v) is 8.56. The SMILES string of the molecule is CCc1ccc(-c2csc3ncnc(N=Nc4c(O)[nH]c5ccc(Br)cc45)c23)cc1. The van der Waals surface area contributed by atoms with Crippen LogP contribution in [0, 0.1) is 0 Å². The van der Waals surface area contributed by atoms with Crippen LogP contribution in [0.2, 0.25) is 0 Å². The molecule has 8 heteroatoms. The minimum atomic E-state index is -0.0298. The van der Waals surface area contributed by atoms with Gasteiger partial charge in [-0.2, -0.15) is 0 Å². The number of fused-ring (bicyclic) bond motifs is 2. The number of aromatic hydroxyl groups is 1. The molecule has 0 bridgehead atoms. The third-order valence-corrected chi connectivity index (χ3v) is 6.36. The van der Waals surface area contributed by atoms with Gasteiger partial charge in [0, 0.05) is 20.8 Å². The molecule has 0 saturated heterocycles. The lowest BCUT2D eigenvalue weighted by atomic mass is 10.0. The van der Waals surface area contributed by atoms with Gasteiger partial charge in [0.05, 0.1) is 10.9 Å². The van der Waals surface area contributed by atoms with Gasteiger partial charge in [-0.1, -0.05) is 47.1 Å². The minimum Gasteiger partial charge on any atom is -0.493 e. The first kappa shape index (κ1) is 18.9. The molecule has 0 unspecified atom stereocenters. The fraction of sp³-hybridized carbons (Fsp3) is 0.0909. The highest BCUT2D eigenvalue weighted by Gasteiger charge is 2.15. The van der Waals surface area contributed by atoms with E-state index in [4.69, 9.17) is 0 Å². The van der Waals surface area contributed by atoms with Crippen molar-refractivity contribution in [3.05, 3.63) is 64.2 Å². The first-order chi connectivity index (χ1) is 14.6. The summed E-state index contributed by atoms with van der Waals surface area (Å²) in [6, 6.07) is 14.1. The predicted octanol–water partition coefficient (Wildman–Crippen LogP) is 7.29. The molecular weight excluding hydrogens is 462 g/mol. The van der Waals surface area contributed by atoms with E-state index in [1.165, 1.54) is 11.9 Å². The van der Waals surface area contributed by atoms with Gasteiger partial charge in [0.1, 0.15) is 11.2 Å². The van der Waals surface area contributed by atoms with Crippen molar-refractivity contribution in [2.45, 2.75) is 13.3 Å². The number of hydrogen-bond acceptors (Lipinski definition) is 6. The van der Waals surface area contributed by atoms with E-state index in [1.54, 1.807) is 11.3 Å². The topological polar surface area (TPSA) is 86.5 Å². The molecule has 0 atom stereocenters. The van der Waals surface area contributed by atoms with Gasteiger partial charge >= 0.3 is 0 Å². The Morgan fingerprint density at radius 2 is 1.93 bits per heavy atom. The van der Waals surface area contributed by atoms with E-state index in [2.05, 4.69) is 77.7 Å². The van der Waals surface area contributed by atoms with Crippen LogP contribution in [0.25, 0.3) is 32.2 Å². The van der Waals surface area contributed by atoms with Gasteiger partial charge in [-0.15, -0.1) is 21.6 Å². The molecule has 0 aliphatic carbocycles. The lowest BCUT2D eigenvalue weighted by molar-refractivity contribution is 0.459. The number of H-pyrrole nitrogens is 1. The summed E-state index contributed by atoms with van der Waals surface area (Å²) in [5, 5.41) is 22.7. The van der Waals surface area contributed by atoms with Gasteiger partial charge in [-0.25, -0.2) is 9.97 Å². The summed E-state index contributed by atoms with van der Waals surface area (Å²) in [5.41, 5.74) is 4.56.